The van der Waals surface area contributed by atoms with Crippen molar-refractivity contribution in [3.05, 3.63) is 70.3 Å². The van der Waals surface area contributed by atoms with Gasteiger partial charge in [0, 0.05) is 17.9 Å². The van der Waals surface area contributed by atoms with E-state index in [1.165, 1.54) is 6.08 Å². The van der Waals surface area contributed by atoms with Gasteiger partial charge in [-0.1, -0.05) is 49.5 Å². The summed E-state index contributed by atoms with van der Waals surface area (Å²) in [5, 5.41) is 13.5. The van der Waals surface area contributed by atoms with Gasteiger partial charge in [0.15, 0.2) is 0 Å². The van der Waals surface area contributed by atoms with Crippen LogP contribution in [0, 0.1) is 12.8 Å². The zero-order chi connectivity index (χ0) is 24.5. The van der Waals surface area contributed by atoms with Crippen LogP contribution >= 0.6 is 11.3 Å². The van der Waals surface area contributed by atoms with Crippen LogP contribution in [0.1, 0.15) is 63.1 Å². The Morgan fingerprint density at radius 1 is 1.21 bits per heavy atom. The smallest absolute Gasteiger partial charge is 0.331 e. The molecule has 0 unspecified atom stereocenters. The number of fused-ring (bicyclic) bond motifs is 2. The van der Waals surface area contributed by atoms with Crippen molar-refractivity contribution in [2.45, 2.75) is 83.7 Å². The lowest BCUT2D eigenvalue weighted by molar-refractivity contribution is -0.141. The van der Waals surface area contributed by atoms with Gasteiger partial charge in [0.2, 0.25) is 0 Å². The number of hydrogen-bond acceptors (Lipinski definition) is 6. The van der Waals surface area contributed by atoms with Crippen LogP contribution in [0.3, 0.4) is 0 Å². The number of cyclic esters (lactones) is 1. The summed E-state index contributed by atoms with van der Waals surface area (Å²) in [7, 11) is 0. The normalized spacial score (nSPS) is 31.9. The highest BCUT2D eigenvalue weighted by molar-refractivity contribution is 7.09. The zero-order valence-corrected chi connectivity index (χ0v) is 21.3. The second kappa shape index (κ2) is 13.0. The van der Waals surface area contributed by atoms with Gasteiger partial charge in [-0.3, -0.25) is 0 Å². The van der Waals surface area contributed by atoms with Crippen molar-refractivity contribution in [3.63, 3.8) is 0 Å². The molecular weight excluding hydrogens is 446 g/mol. The average Bonchev–Trinajstić information content (AvgIpc) is 3.16. The molecule has 2 bridgehead atoms. The monoisotopic (exact) mass is 483 g/mol. The molecule has 0 saturated heterocycles. The fraction of sp³-hybridized carbons (Fsp3) is 0.500. The summed E-state index contributed by atoms with van der Waals surface area (Å²) in [5.41, 5.74) is 2.80. The number of aromatic nitrogens is 1. The topological polar surface area (TPSA) is 68.7 Å². The average molecular weight is 484 g/mol. The molecule has 1 N–H and O–H groups in total. The molecule has 0 fully saturated rings. The zero-order valence-electron chi connectivity index (χ0n) is 20.5. The molecule has 0 aliphatic carbocycles. The maximum absolute atomic E-state index is 12.6. The maximum atomic E-state index is 12.6. The van der Waals surface area contributed by atoms with Gasteiger partial charge in [0.1, 0.15) is 6.10 Å². The van der Waals surface area contributed by atoms with E-state index in [-0.39, 0.29) is 18.2 Å². The second-order valence-corrected chi connectivity index (χ2v) is 10.5. The molecule has 0 radical (unpaired) electrons. The van der Waals surface area contributed by atoms with E-state index in [1.54, 1.807) is 17.4 Å². The predicted octanol–water partition coefficient (Wildman–Crippen LogP) is 6.11. The molecule has 0 aromatic carbocycles. The minimum atomic E-state index is -0.612. The Kier molecular flexibility index (Phi) is 10.1. The number of thiazole rings is 1. The van der Waals surface area contributed by atoms with Gasteiger partial charge in [-0.15, -0.1) is 11.3 Å². The molecule has 0 spiro atoms. The van der Waals surface area contributed by atoms with Crippen molar-refractivity contribution in [1.29, 1.82) is 0 Å². The molecule has 5 nitrogen and oxygen atoms in total. The Morgan fingerprint density at radius 3 is 2.76 bits per heavy atom. The van der Waals surface area contributed by atoms with E-state index in [0.717, 1.165) is 41.1 Å². The van der Waals surface area contributed by atoms with Crippen LogP contribution in [0.2, 0.25) is 0 Å². The second-order valence-electron chi connectivity index (χ2n) is 9.43. The first-order chi connectivity index (χ1) is 16.3. The molecule has 6 heteroatoms. The largest absolute Gasteiger partial charge is 0.454 e. The lowest BCUT2D eigenvalue weighted by Gasteiger charge is -2.28. The summed E-state index contributed by atoms with van der Waals surface area (Å²) in [4.78, 5) is 17.1. The minimum Gasteiger partial charge on any atom is -0.454 e. The Hall–Kier alpha value is -2.28. The minimum absolute atomic E-state index is 0.0350. The van der Waals surface area contributed by atoms with Gasteiger partial charge in [0.05, 0.1) is 29.0 Å². The molecule has 0 saturated carbocycles. The molecule has 1 aromatic rings. The van der Waals surface area contributed by atoms with Gasteiger partial charge in [-0.25, -0.2) is 9.78 Å². The Morgan fingerprint density at radius 2 is 2.00 bits per heavy atom. The summed E-state index contributed by atoms with van der Waals surface area (Å²) in [5.74, 6) is 0.0392. The van der Waals surface area contributed by atoms with Gasteiger partial charge >= 0.3 is 5.97 Å². The first kappa shape index (κ1) is 26.3. The number of nitrogens with zero attached hydrogens (tertiary/aromatic N) is 1. The SMILES string of the molecule is C=C1C[C@H](C)C[C@@H]2CC=C[C@@H](C/C=C/C(=O)O[C@H](/C(C)=C/c3csc(C)n3)C/C=C/[C@@H](O)C1)O2. The highest BCUT2D eigenvalue weighted by Gasteiger charge is 2.21. The molecule has 2 aliphatic rings. The van der Waals surface area contributed by atoms with E-state index in [4.69, 9.17) is 9.47 Å². The van der Waals surface area contributed by atoms with Crippen LogP contribution in [0.15, 0.2) is 59.6 Å². The van der Waals surface area contributed by atoms with Gasteiger partial charge in [-0.2, -0.15) is 0 Å². The van der Waals surface area contributed by atoms with E-state index < -0.39 is 12.2 Å². The lowest BCUT2D eigenvalue weighted by Crippen LogP contribution is -2.25. The summed E-state index contributed by atoms with van der Waals surface area (Å²) in [6.07, 6.45) is 16.6. The number of hydrogen-bond donors (Lipinski definition) is 1. The molecule has 2 aliphatic heterocycles. The van der Waals surface area contributed by atoms with E-state index in [9.17, 15) is 9.90 Å². The lowest BCUT2D eigenvalue weighted by atomic mass is 9.91. The summed E-state index contributed by atoms with van der Waals surface area (Å²) in [6, 6.07) is 0. The maximum Gasteiger partial charge on any atom is 0.331 e. The van der Waals surface area contributed by atoms with Crippen molar-refractivity contribution in [2.75, 3.05) is 0 Å². The molecule has 5 atom stereocenters. The molecule has 34 heavy (non-hydrogen) atoms. The quantitative estimate of drug-likeness (QED) is 0.406. The standard InChI is InChI=1S/C28H37NO4S/c1-19-14-20(2)16-26-11-6-9-25(32-26)10-7-13-28(31)33-27(12-5-8-24(30)15-19)21(3)17-23-18-34-22(4)29-23/h5-9,13,17-18,20,24-27,30H,1,10-12,14-16H2,2-4H3/b8-5+,13-7+,21-17+/t20-,24+,25-,26-,27-/m0/s1. The van der Waals surface area contributed by atoms with Gasteiger partial charge in [0.25, 0.3) is 0 Å². The highest BCUT2D eigenvalue weighted by Crippen LogP contribution is 2.26. The fourth-order valence-electron chi connectivity index (χ4n) is 4.42. The Balaban J connectivity index is 1.76. The van der Waals surface area contributed by atoms with Gasteiger partial charge in [-0.05, 0) is 63.5 Å². The summed E-state index contributed by atoms with van der Waals surface area (Å²) >= 11 is 1.58. The van der Waals surface area contributed by atoms with Crippen LogP contribution in [-0.2, 0) is 14.3 Å². The highest BCUT2D eigenvalue weighted by atomic mass is 32.1. The summed E-state index contributed by atoms with van der Waals surface area (Å²) < 4.78 is 12.0. The molecule has 0 amide bonds. The van der Waals surface area contributed by atoms with Crippen LogP contribution < -0.4 is 0 Å². The Labute approximate surface area is 207 Å². The van der Waals surface area contributed by atoms with Crippen molar-refractivity contribution in [3.8, 4) is 0 Å². The molecule has 184 valence electrons. The van der Waals surface area contributed by atoms with E-state index in [1.807, 2.05) is 37.5 Å². The van der Waals surface area contributed by atoms with E-state index in [2.05, 4.69) is 30.6 Å². The third kappa shape index (κ3) is 8.82. The van der Waals surface area contributed by atoms with Crippen molar-refractivity contribution in [2.24, 2.45) is 5.92 Å². The number of aliphatic hydroxyl groups is 1. The van der Waals surface area contributed by atoms with Crippen LogP contribution in [0.25, 0.3) is 6.08 Å². The van der Waals surface area contributed by atoms with Gasteiger partial charge < -0.3 is 14.6 Å². The van der Waals surface area contributed by atoms with Crippen LogP contribution in [0.4, 0.5) is 0 Å². The van der Waals surface area contributed by atoms with Crippen molar-refractivity contribution in [1.82, 2.24) is 4.98 Å². The molecular formula is C28H37NO4S. The van der Waals surface area contributed by atoms with E-state index >= 15 is 0 Å². The molecule has 3 rings (SSSR count). The predicted molar refractivity (Wildman–Crippen MR) is 138 cm³/mol. The number of aliphatic hydroxyl groups excluding tert-OH is 1. The molecule has 1 aromatic heterocycles. The third-order valence-corrected chi connectivity index (χ3v) is 6.82. The number of ether oxygens (including phenoxy) is 2. The summed E-state index contributed by atoms with van der Waals surface area (Å²) in [6.45, 7) is 10.3. The fourth-order valence-corrected chi connectivity index (χ4v) is 5.00. The van der Waals surface area contributed by atoms with Crippen molar-refractivity contribution < 1.29 is 19.4 Å². The molecule has 3 heterocycles. The van der Waals surface area contributed by atoms with Crippen molar-refractivity contribution >= 4 is 23.4 Å². The number of rotatable bonds is 2. The van der Waals surface area contributed by atoms with Crippen LogP contribution in [-0.4, -0.2) is 40.5 Å². The van der Waals surface area contributed by atoms with E-state index in [0.29, 0.717) is 25.2 Å². The number of aryl methyl sites for hydroxylation is 1. The number of esters is 1. The first-order valence-electron chi connectivity index (χ1n) is 12.1. The first-order valence-corrected chi connectivity index (χ1v) is 13.0. The number of carbonyl (C=O) groups is 1. The third-order valence-electron chi connectivity index (χ3n) is 6.03. The van der Waals surface area contributed by atoms with Crippen LogP contribution in [0.5, 0.6) is 0 Å². The Bertz CT molecular complexity index is 957. The number of carbonyl (C=O) groups excluding carboxylic acids is 1.